The Morgan fingerprint density at radius 3 is 2.07 bits per heavy atom. The summed E-state index contributed by atoms with van der Waals surface area (Å²) in [6, 6.07) is 33.3. The molecule has 0 aliphatic rings. The van der Waals surface area contributed by atoms with Gasteiger partial charge in [-0.15, -0.1) is 0 Å². The summed E-state index contributed by atoms with van der Waals surface area (Å²) in [4.78, 5) is 26.3. The number of nitrogens with two attached hydrogens (primary N) is 1. The number of hydrogen-bond acceptors (Lipinski definition) is 5. The zero-order valence-electron chi connectivity index (χ0n) is 23.1. The average molecular weight is 587 g/mol. The van der Waals surface area contributed by atoms with Gasteiger partial charge < -0.3 is 14.7 Å². The highest BCUT2D eigenvalue weighted by Gasteiger charge is 2.21. The Balaban J connectivity index is 1.54. The lowest BCUT2D eigenvalue weighted by atomic mass is 9.88. The number of carboxylic acid groups (broad SMARTS) is 1. The van der Waals surface area contributed by atoms with E-state index in [0.29, 0.717) is 38.1 Å². The Kier molecular flexibility index (Phi) is 10.5. The molecule has 8 nitrogen and oxygen atoms in total. The predicted molar refractivity (Wildman–Crippen MR) is 161 cm³/mol. The van der Waals surface area contributed by atoms with Crippen molar-refractivity contribution >= 4 is 21.9 Å². The van der Waals surface area contributed by atoms with Gasteiger partial charge in [-0.1, -0.05) is 78.9 Å². The molecule has 0 saturated carbocycles. The number of rotatable bonds is 14. The number of primary sulfonamides is 1. The molecule has 0 atom stereocenters. The SMILES string of the molecule is NS(=O)(=O)c1cccc(C(=O)N(CCCc2cccc(OCC(=O)O)c2)CCC(c2ccccc2)c2ccccc2)c1. The zero-order chi connectivity index (χ0) is 30.0. The van der Waals surface area contributed by atoms with Crippen molar-refractivity contribution in [3.63, 3.8) is 0 Å². The smallest absolute Gasteiger partial charge is 0.341 e. The molecule has 4 aromatic rings. The summed E-state index contributed by atoms with van der Waals surface area (Å²) in [6.07, 6.45) is 1.92. The van der Waals surface area contributed by atoms with Gasteiger partial charge >= 0.3 is 5.97 Å². The normalized spacial score (nSPS) is 11.3. The van der Waals surface area contributed by atoms with Crippen molar-refractivity contribution in [2.75, 3.05) is 19.7 Å². The minimum absolute atomic E-state index is 0.0570. The van der Waals surface area contributed by atoms with Crippen LogP contribution in [0.2, 0.25) is 0 Å². The number of aliphatic carboxylic acids is 1. The quantitative estimate of drug-likeness (QED) is 0.212. The van der Waals surface area contributed by atoms with E-state index in [-0.39, 0.29) is 22.3 Å². The number of hydrogen-bond donors (Lipinski definition) is 2. The summed E-state index contributed by atoms with van der Waals surface area (Å²) >= 11 is 0. The van der Waals surface area contributed by atoms with Crippen LogP contribution in [0.4, 0.5) is 0 Å². The number of amides is 1. The van der Waals surface area contributed by atoms with Crippen LogP contribution < -0.4 is 9.88 Å². The fraction of sp³-hybridized carbons (Fsp3) is 0.212. The standard InChI is InChI=1S/C33H34N2O6S/c34-42(39,40)30-18-8-16-28(23-30)33(38)35(20-9-11-25-10-7-17-29(22-25)41-24-32(36)37)21-19-31(26-12-3-1-4-13-26)27-14-5-2-6-15-27/h1-8,10,12-18,22-23,31H,9,11,19-21,24H2,(H,36,37)(H2,34,39,40). The molecule has 0 aliphatic heterocycles. The van der Waals surface area contributed by atoms with Gasteiger partial charge in [0.15, 0.2) is 6.61 Å². The molecule has 3 N–H and O–H groups in total. The molecule has 0 saturated heterocycles. The van der Waals surface area contributed by atoms with E-state index in [0.717, 1.165) is 16.7 Å². The summed E-state index contributed by atoms with van der Waals surface area (Å²) in [5.41, 5.74) is 3.49. The minimum Gasteiger partial charge on any atom is -0.482 e. The van der Waals surface area contributed by atoms with Gasteiger partial charge in [-0.3, -0.25) is 4.79 Å². The van der Waals surface area contributed by atoms with E-state index in [1.54, 1.807) is 29.2 Å². The van der Waals surface area contributed by atoms with Crippen molar-refractivity contribution in [3.05, 3.63) is 131 Å². The van der Waals surface area contributed by atoms with Crippen molar-refractivity contribution in [2.24, 2.45) is 5.14 Å². The zero-order valence-corrected chi connectivity index (χ0v) is 24.0. The first-order valence-electron chi connectivity index (χ1n) is 13.7. The molecule has 9 heteroatoms. The third-order valence-corrected chi connectivity index (χ3v) is 7.85. The second-order valence-corrected chi connectivity index (χ2v) is 11.5. The van der Waals surface area contributed by atoms with E-state index in [2.05, 4.69) is 24.3 Å². The maximum atomic E-state index is 13.8. The number of carbonyl (C=O) groups is 2. The van der Waals surface area contributed by atoms with Gasteiger partial charge in [-0.05, 0) is 66.3 Å². The Hall–Kier alpha value is -4.47. The van der Waals surface area contributed by atoms with Gasteiger partial charge in [0.2, 0.25) is 10.0 Å². The summed E-state index contributed by atoms with van der Waals surface area (Å²) in [5.74, 6) is -0.804. The lowest BCUT2D eigenvalue weighted by molar-refractivity contribution is -0.139. The van der Waals surface area contributed by atoms with Crippen LogP contribution in [-0.4, -0.2) is 50.0 Å². The number of aryl methyl sites for hydroxylation is 1. The maximum absolute atomic E-state index is 13.8. The molecular formula is C33H34N2O6S. The lowest BCUT2D eigenvalue weighted by Crippen LogP contribution is -2.34. The highest BCUT2D eigenvalue weighted by Crippen LogP contribution is 2.28. The number of carboxylic acids is 1. The van der Waals surface area contributed by atoms with Crippen molar-refractivity contribution in [1.29, 1.82) is 0 Å². The summed E-state index contributed by atoms with van der Waals surface area (Å²) in [5, 5.41) is 14.2. The summed E-state index contributed by atoms with van der Waals surface area (Å²) in [6.45, 7) is 0.441. The molecule has 0 unspecified atom stereocenters. The number of ether oxygens (including phenoxy) is 1. The Labute approximate surface area is 246 Å². The van der Waals surface area contributed by atoms with Crippen molar-refractivity contribution in [2.45, 2.75) is 30.1 Å². The first kappa shape index (κ1) is 30.5. The van der Waals surface area contributed by atoms with Crippen LogP contribution in [0.25, 0.3) is 0 Å². The molecule has 0 bridgehead atoms. The van der Waals surface area contributed by atoms with Gasteiger partial charge in [0.1, 0.15) is 5.75 Å². The topological polar surface area (TPSA) is 127 Å². The Morgan fingerprint density at radius 1 is 0.810 bits per heavy atom. The van der Waals surface area contributed by atoms with Gasteiger partial charge in [0, 0.05) is 24.6 Å². The highest BCUT2D eigenvalue weighted by molar-refractivity contribution is 7.89. The summed E-state index contributed by atoms with van der Waals surface area (Å²) < 4.78 is 29.2. The van der Waals surface area contributed by atoms with Crippen LogP contribution in [0.3, 0.4) is 0 Å². The fourth-order valence-electron chi connectivity index (χ4n) is 4.89. The monoisotopic (exact) mass is 586 g/mol. The van der Waals surface area contributed by atoms with Crippen LogP contribution in [-0.2, 0) is 21.2 Å². The van der Waals surface area contributed by atoms with Crippen LogP contribution in [0.1, 0.15) is 45.8 Å². The molecule has 1 amide bonds. The molecule has 0 aromatic heterocycles. The van der Waals surface area contributed by atoms with Gasteiger partial charge in [-0.2, -0.15) is 0 Å². The van der Waals surface area contributed by atoms with Crippen molar-refractivity contribution in [1.82, 2.24) is 4.90 Å². The minimum atomic E-state index is -3.97. The van der Waals surface area contributed by atoms with E-state index in [9.17, 15) is 18.0 Å². The first-order chi connectivity index (χ1) is 20.2. The first-order valence-corrected chi connectivity index (χ1v) is 15.2. The van der Waals surface area contributed by atoms with Crippen molar-refractivity contribution < 1.29 is 27.9 Å². The van der Waals surface area contributed by atoms with Crippen LogP contribution in [0.5, 0.6) is 5.75 Å². The third kappa shape index (κ3) is 8.76. The fourth-order valence-corrected chi connectivity index (χ4v) is 5.45. The molecule has 4 aromatic carbocycles. The molecule has 0 spiro atoms. The molecular weight excluding hydrogens is 552 g/mol. The van der Waals surface area contributed by atoms with E-state index in [1.165, 1.54) is 18.2 Å². The second kappa shape index (κ2) is 14.4. The van der Waals surface area contributed by atoms with Crippen LogP contribution >= 0.6 is 0 Å². The van der Waals surface area contributed by atoms with Crippen LogP contribution in [0, 0.1) is 0 Å². The van der Waals surface area contributed by atoms with Crippen molar-refractivity contribution in [3.8, 4) is 5.75 Å². The van der Waals surface area contributed by atoms with Gasteiger partial charge in [0.25, 0.3) is 5.91 Å². The molecule has 0 radical (unpaired) electrons. The lowest BCUT2D eigenvalue weighted by Gasteiger charge is -2.26. The molecule has 0 fully saturated rings. The van der Waals surface area contributed by atoms with E-state index < -0.39 is 22.6 Å². The second-order valence-electron chi connectivity index (χ2n) is 9.96. The van der Waals surface area contributed by atoms with Gasteiger partial charge in [0.05, 0.1) is 4.90 Å². The largest absolute Gasteiger partial charge is 0.482 e. The molecule has 4 rings (SSSR count). The molecule has 0 aliphatic carbocycles. The Bertz CT molecular complexity index is 1550. The maximum Gasteiger partial charge on any atom is 0.341 e. The predicted octanol–water partition coefficient (Wildman–Crippen LogP) is 5.09. The van der Waals surface area contributed by atoms with E-state index in [4.69, 9.17) is 15.0 Å². The average Bonchev–Trinajstić information content (AvgIpc) is 3.00. The number of sulfonamides is 1. The Morgan fingerprint density at radius 2 is 1.45 bits per heavy atom. The number of carbonyl (C=O) groups excluding carboxylic acids is 1. The van der Waals surface area contributed by atoms with Gasteiger partial charge in [-0.25, -0.2) is 18.4 Å². The highest BCUT2D eigenvalue weighted by atomic mass is 32.2. The summed E-state index contributed by atoms with van der Waals surface area (Å²) in [7, 11) is -3.97. The van der Waals surface area contributed by atoms with E-state index >= 15 is 0 Å². The molecule has 218 valence electrons. The van der Waals surface area contributed by atoms with Crippen LogP contribution in [0.15, 0.2) is 114 Å². The molecule has 0 heterocycles. The molecule has 42 heavy (non-hydrogen) atoms. The number of nitrogens with zero attached hydrogens (tertiary/aromatic N) is 1. The third-order valence-electron chi connectivity index (χ3n) is 6.94. The van der Waals surface area contributed by atoms with E-state index in [1.807, 2.05) is 42.5 Å². The number of benzene rings is 4.